The molecule has 29 heteroatoms. The van der Waals surface area contributed by atoms with E-state index in [1.54, 1.807) is 100 Å². The molecule has 1 N–H and O–H groups in total. The molecule has 0 saturated heterocycles. The summed E-state index contributed by atoms with van der Waals surface area (Å²) in [4.78, 5) is 81.5. The predicted octanol–water partition coefficient (Wildman–Crippen LogP) is 15.0. The smallest absolute Gasteiger partial charge is 0.416 e. The number of ether oxygens (including phenoxy) is 5. The summed E-state index contributed by atoms with van der Waals surface area (Å²) in [6, 6.07) is 12.3. The molecule has 0 fully saturated rings. The molecule has 0 radical (unpaired) electrons. The lowest BCUT2D eigenvalue weighted by Gasteiger charge is -2.29. The van der Waals surface area contributed by atoms with Gasteiger partial charge in [-0.05, 0) is 173 Å². The minimum absolute atomic E-state index is 0.00580. The largest absolute Gasteiger partial charge is 0.508 e. The van der Waals surface area contributed by atoms with Gasteiger partial charge < -0.3 is 38.6 Å². The first kappa shape index (κ1) is 76.0. The van der Waals surface area contributed by atoms with Crippen molar-refractivity contribution in [1.29, 1.82) is 0 Å². The van der Waals surface area contributed by atoms with Crippen molar-refractivity contribution in [2.24, 2.45) is 0 Å². The zero-order valence-corrected chi connectivity index (χ0v) is 53.6. The Hall–Kier alpha value is -7.46. The molecule has 0 aromatic heterocycles. The summed E-state index contributed by atoms with van der Waals surface area (Å²) in [6.45, 7) is 19.9. The van der Waals surface area contributed by atoms with Crippen molar-refractivity contribution in [2.45, 2.75) is 168 Å². The van der Waals surface area contributed by atoms with Crippen molar-refractivity contribution >= 4 is 63.2 Å². The normalized spacial score (nSPS) is 13.5. The Kier molecular flexibility index (Phi) is 24.9. The van der Waals surface area contributed by atoms with Crippen LogP contribution in [0.3, 0.4) is 0 Å². The zero-order chi connectivity index (χ0) is 69.2. The maximum atomic E-state index is 13.5. The summed E-state index contributed by atoms with van der Waals surface area (Å²) in [7, 11) is 0. The number of rotatable bonds is 14. The van der Waals surface area contributed by atoms with E-state index in [1.165, 1.54) is 34.1 Å². The van der Waals surface area contributed by atoms with Gasteiger partial charge in [-0.25, -0.2) is 9.59 Å². The lowest BCUT2D eigenvalue weighted by Crippen LogP contribution is -2.45. The summed E-state index contributed by atoms with van der Waals surface area (Å²) in [5, 5.41) is 9.48. The quantitative estimate of drug-likeness (QED) is 0.0547. The molecular weight excluding hydrogens is 1300 g/mol. The molecule has 2 heterocycles. The minimum Gasteiger partial charge on any atom is -0.508 e. The van der Waals surface area contributed by atoms with Gasteiger partial charge in [0.2, 0.25) is 11.8 Å². The SMILES string of the molecule is CC(C)(C)OC(=O)CCN(CC(=O)N1CCc2cc(O)ccc21)C(=O)OC(C)(C)C.CC(C)(C)OC(=O)CCN(CC(=O)N1CCc2cc(OCc3ccc(C(F)(F)F)cc3C(F)(F)F)ccc21)C(=O)OC(C)(C)C.FC(F)(F)c1ccc(CBr)c(C(F)(F)F)c1. The summed E-state index contributed by atoms with van der Waals surface area (Å²) < 4.78 is 180. The lowest BCUT2D eigenvalue weighted by atomic mass is 10.0. The van der Waals surface area contributed by atoms with Crippen molar-refractivity contribution in [3.8, 4) is 11.5 Å². The van der Waals surface area contributed by atoms with E-state index in [0.717, 1.165) is 22.6 Å². The number of halogens is 13. The number of benzene rings is 4. The van der Waals surface area contributed by atoms with Crippen LogP contribution in [0.15, 0.2) is 72.8 Å². The van der Waals surface area contributed by atoms with Gasteiger partial charge in [0.15, 0.2) is 0 Å². The Morgan fingerprint density at radius 1 is 0.484 bits per heavy atom. The van der Waals surface area contributed by atoms with Crippen LogP contribution in [0.1, 0.15) is 140 Å². The van der Waals surface area contributed by atoms with Gasteiger partial charge >= 0.3 is 48.8 Å². The number of alkyl halides is 13. The van der Waals surface area contributed by atoms with E-state index < -0.39 is 118 Å². The molecule has 6 rings (SSSR count). The average Bonchev–Trinajstić information content (AvgIpc) is 2.65. The molecule has 504 valence electrons. The van der Waals surface area contributed by atoms with Crippen LogP contribution in [-0.2, 0) is 87.6 Å². The molecule has 4 aromatic rings. The van der Waals surface area contributed by atoms with E-state index >= 15 is 0 Å². The first-order chi connectivity index (χ1) is 41.4. The molecule has 0 aliphatic carbocycles. The second-order valence-electron chi connectivity index (χ2n) is 24.8. The van der Waals surface area contributed by atoms with Crippen molar-refractivity contribution < 1.29 is 110 Å². The van der Waals surface area contributed by atoms with Crippen LogP contribution >= 0.6 is 15.9 Å². The molecule has 0 spiro atoms. The van der Waals surface area contributed by atoms with Crippen molar-refractivity contribution in [1.82, 2.24) is 9.80 Å². The van der Waals surface area contributed by atoms with Gasteiger partial charge in [0.05, 0.1) is 35.1 Å². The Labute approximate surface area is 527 Å². The van der Waals surface area contributed by atoms with Crippen molar-refractivity contribution in [3.05, 3.63) is 117 Å². The van der Waals surface area contributed by atoms with Gasteiger partial charge in [-0.1, -0.05) is 28.1 Å². The summed E-state index contributed by atoms with van der Waals surface area (Å²) >= 11 is 2.79. The summed E-state index contributed by atoms with van der Waals surface area (Å²) in [6.07, 6.45) is -20.2. The summed E-state index contributed by atoms with van der Waals surface area (Å²) in [5.41, 5.74) is -6.35. The number of nitrogens with zero attached hydrogens (tertiary/aromatic N) is 4. The molecule has 2 aliphatic heterocycles. The second-order valence-corrected chi connectivity index (χ2v) is 25.4. The number of fused-ring (bicyclic) bond motifs is 2. The van der Waals surface area contributed by atoms with E-state index in [4.69, 9.17) is 23.7 Å². The monoisotopic (exact) mass is 1370 g/mol. The highest BCUT2D eigenvalue weighted by atomic mass is 79.9. The Morgan fingerprint density at radius 2 is 0.857 bits per heavy atom. The van der Waals surface area contributed by atoms with E-state index in [0.29, 0.717) is 48.5 Å². The number of hydrogen-bond donors (Lipinski definition) is 1. The highest BCUT2D eigenvalue weighted by Crippen LogP contribution is 2.40. The van der Waals surface area contributed by atoms with Gasteiger partial charge in [-0.2, -0.15) is 52.7 Å². The molecule has 0 saturated carbocycles. The molecule has 4 aromatic carbocycles. The van der Waals surface area contributed by atoms with Gasteiger partial charge in [-0.3, -0.25) is 29.0 Å². The molecule has 0 unspecified atom stereocenters. The Balaban J connectivity index is 0.000000328. The third-order valence-corrected chi connectivity index (χ3v) is 13.1. The maximum absolute atomic E-state index is 13.5. The van der Waals surface area contributed by atoms with Crippen LogP contribution < -0.4 is 14.5 Å². The van der Waals surface area contributed by atoms with Gasteiger partial charge in [0, 0.05) is 48.4 Å². The highest BCUT2D eigenvalue weighted by Gasteiger charge is 2.40. The number of phenols is 1. The number of amides is 4. The lowest BCUT2D eigenvalue weighted by molar-refractivity contribution is -0.156. The van der Waals surface area contributed by atoms with E-state index in [-0.39, 0.29) is 79.5 Å². The van der Waals surface area contributed by atoms with E-state index in [1.807, 2.05) is 0 Å². The predicted molar refractivity (Wildman–Crippen MR) is 313 cm³/mol. The van der Waals surface area contributed by atoms with Gasteiger partial charge in [-0.15, -0.1) is 0 Å². The van der Waals surface area contributed by atoms with Crippen LogP contribution in [0, 0.1) is 0 Å². The van der Waals surface area contributed by atoms with E-state index in [9.17, 15) is 86.6 Å². The van der Waals surface area contributed by atoms with Gasteiger partial charge in [0.1, 0.15) is 53.6 Å². The fraction of sp³-hybridized carbons (Fsp3) is 0.516. The molecule has 91 heavy (non-hydrogen) atoms. The minimum atomic E-state index is -5.03. The van der Waals surface area contributed by atoms with Gasteiger partial charge in [0.25, 0.3) is 0 Å². The van der Waals surface area contributed by atoms with E-state index in [2.05, 4.69) is 15.9 Å². The number of aromatic hydroxyl groups is 1. The number of hydrogen-bond acceptors (Lipinski definition) is 12. The summed E-state index contributed by atoms with van der Waals surface area (Å²) in [5.74, 6) is -1.45. The molecule has 4 amide bonds. The second kappa shape index (κ2) is 29.9. The first-order valence-corrected chi connectivity index (χ1v) is 29.3. The first-order valence-electron chi connectivity index (χ1n) is 28.1. The molecule has 0 atom stereocenters. The van der Waals surface area contributed by atoms with Crippen LogP contribution in [0.5, 0.6) is 11.5 Å². The fourth-order valence-corrected chi connectivity index (χ4v) is 9.16. The topological polar surface area (TPSA) is 182 Å². The number of anilines is 2. The molecule has 2 aliphatic rings. The van der Waals surface area contributed by atoms with Crippen LogP contribution in [-0.4, -0.2) is 113 Å². The maximum Gasteiger partial charge on any atom is 0.416 e. The molecular formula is C62H73BrF12N4O12. The standard InChI is InChI=1S/C31H36F6N2O6.C22H32N2O6.C9H5BrF6/c1-28(2,3)44-26(41)12-13-38(27(42)45-29(4,5)6)17-25(40)39-14-11-19-15-22(9-10-24(19)39)43-18-20-7-8-21(30(32,33)34)16-23(20)31(35,36)37;1-21(2,3)29-19(27)10-11-23(20(28)30-22(4,5)6)14-18(26)24-12-9-15-13-16(25)7-8-17(15)24;10-4-5-1-2-6(8(11,12)13)3-7(5)9(14,15)16/h7-10,15-16H,11-14,17-18H2,1-6H3;7-8,13,25H,9-12,14H2,1-6H3;1-3H,4H2. The van der Waals surface area contributed by atoms with Crippen LogP contribution in [0.25, 0.3) is 0 Å². The molecule has 0 bridgehead atoms. The third-order valence-electron chi connectivity index (χ3n) is 12.5. The fourth-order valence-electron chi connectivity index (χ4n) is 8.67. The van der Waals surface area contributed by atoms with Crippen molar-refractivity contribution in [3.63, 3.8) is 0 Å². The van der Waals surface area contributed by atoms with Crippen LogP contribution in [0.2, 0.25) is 0 Å². The number of esters is 2. The number of phenolic OH excluding ortho intramolecular Hbond substituents is 1. The number of carbonyl (C=O) groups is 6. The zero-order valence-electron chi connectivity index (χ0n) is 52.1. The Bertz CT molecular complexity index is 3230. The average molecular weight is 1370 g/mol. The van der Waals surface area contributed by atoms with Crippen molar-refractivity contribution in [2.75, 3.05) is 49.1 Å². The third kappa shape index (κ3) is 24.6. The number of carbonyl (C=O) groups excluding carboxylic acids is 6. The highest BCUT2D eigenvalue weighted by molar-refractivity contribution is 9.08. The molecule has 16 nitrogen and oxygen atoms in total. The van der Waals surface area contributed by atoms with Crippen LogP contribution in [0.4, 0.5) is 73.6 Å². The Morgan fingerprint density at radius 3 is 1.23 bits per heavy atom.